The van der Waals surface area contributed by atoms with Gasteiger partial charge in [0.15, 0.2) is 6.10 Å². The van der Waals surface area contributed by atoms with E-state index in [1.165, 1.54) is 0 Å². The van der Waals surface area contributed by atoms with Crippen molar-refractivity contribution in [1.29, 1.82) is 5.26 Å². The zero-order valence-corrected chi connectivity index (χ0v) is 24.6. The number of aryl methyl sites for hydroxylation is 2. The van der Waals surface area contributed by atoms with Crippen LogP contribution in [0.3, 0.4) is 0 Å². The molecule has 42 heavy (non-hydrogen) atoms. The maximum atomic E-state index is 13.4. The number of hydrogen-bond acceptors (Lipinski definition) is 8. The monoisotopic (exact) mass is 568 g/mol. The first-order chi connectivity index (χ1) is 20.1. The van der Waals surface area contributed by atoms with Crippen molar-refractivity contribution in [3.63, 3.8) is 0 Å². The number of nitriles is 1. The molecule has 218 valence electrons. The molecule has 3 aromatic carbocycles. The van der Waals surface area contributed by atoms with Gasteiger partial charge in [0.05, 0.1) is 29.4 Å². The molecule has 0 spiro atoms. The summed E-state index contributed by atoms with van der Waals surface area (Å²) in [4.78, 5) is 28.0. The van der Waals surface area contributed by atoms with E-state index in [1.807, 2.05) is 68.4 Å². The number of carbonyl (C=O) groups is 2. The van der Waals surface area contributed by atoms with Gasteiger partial charge in [0.1, 0.15) is 24.4 Å². The molecule has 4 atom stereocenters. The lowest BCUT2D eigenvalue weighted by atomic mass is 9.88. The molecule has 0 radical (unpaired) electrons. The Morgan fingerprint density at radius 3 is 2.05 bits per heavy atom. The van der Waals surface area contributed by atoms with Crippen molar-refractivity contribution in [2.75, 3.05) is 20.7 Å². The molecule has 1 aliphatic rings. The Morgan fingerprint density at radius 1 is 0.929 bits per heavy atom. The summed E-state index contributed by atoms with van der Waals surface area (Å²) in [6, 6.07) is 25.8. The Labute approximate surface area is 247 Å². The Kier molecular flexibility index (Phi) is 9.79. The number of hydrogen-bond donors (Lipinski definition) is 0. The molecule has 0 aromatic heterocycles. The lowest BCUT2D eigenvalue weighted by molar-refractivity contribution is -0.119. The van der Waals surface area contributed by atoms with Gasteiger partial charge in [0.2, 0.25) is 0 Å². The smallest absolute Gasteiger partial charge is 0.338 e. The summed E-state index contributed by atoms with van der Waals surface area (Å²) in [6.07, 6.45) is -1.22. The van der Waals surface area contributed by atoms with E-state index in [0.717, 1.165) is 16.7 Å². The molecule has 4 rings (SSSR count). The maximum Gasteiger partial charge on any atom is 0.338 e. The largest absolute Gasteiger partial charge is 0.459 e. The van der Waals surface area contributed by atoms with Gasteiger partial charge in [-0.25, -0.2) is 9.59 Å². The summed E-state index contributed by atoms with van der Waals surface area (Å²) >= 11 is 0. The van der Waals surface area contributed by atoms with Crippen LogP contribution in [0.2, 0.25) is 0 Å². The molecule has 0 bridgehead atoms. The van der Waals surface area contributed by atoms with Crippen molar-refractivity contribution < 1.29 is 28.5 Å². The Balaban J connectivity index is 1.69. The second-order valence-electron chi connectivity index (χ2n) is 10.8. The van der Waals surface area contributed by atoms with E-state index >= 15 is 0 Å². The van der Waals surface area contributed by atoms with Crippen LogP contribution in [0, 0.1) is 25.2 Å². The second kappa shape index (κ2) is 13.5. The number of benzene rings is 3. The molecule has 0 saturated carbocycles. The van der Waals surface area contributed by atoms with Gasteiger partial charge in [-0.2, -0.15) is 5.26 Å². The van der Waals surface area contributed by atoms with Crippen LogP contribution in [-0.2, 0) is 25.6 Å². The zero-order chi connectivity index (χ0) is 30.3. The third-order valence-corrected chi connectivity index (χ3v) is 7.12. The predicted molar refractivity (Wildman–Crippen MR) is 158 cm³/mol. The average molecular weight is 569 g/mol. The summed E-state index contributed by atoms with van der Waals surface area (Å²) in [6.45, 7) is 5.57. The summed E-state index contributed by atoms with van der Waals surface area (Å²) in [5.74, 6) is -1.12. The molecule has 1 fully saturated rings. The van der Waals surface area contributed by atoms with E-state index < -0.39 is 35.9 Å². The molecule has 0 aliphatic carbocycles. The van der Waals surface area contributed by atoms with Crippen LogP contribution in [-0.4, -0.2) is 61.5 Å². The van der Waals surface area contributed by atoms with Gasteiger partial charge in [-0.1, -0.05) is 65.7 Å². The predicted octanol–water partition coefficient (Wildman–Crippen LogP) is 5.40. The lowest BCUT2D eigenvalue weighted by Gasteiger charge is -2.35. The van der Waals surface area contributed by atoms with Crippen molar-refractivity contribution >= 4 is 11.9 Å². The second-order valence-corrected chi connectivity index (χ2v) is 10.8. The van der Waals surface area contributed by atoms with Gasteiger partial charge in [-0.15, -0.1) is 0 Å². The fourth-order valence-electron chi connectivity index (χ4n) is 4.81. The fourth-order valence-corrected chi connectivity index (χ4v) is 4.81. The molecule has 2 unspecified atom stereocenters. The maximum absolute atomic E-state index is 13.4. The van der Waals surface area contributed by atoms with Crippen LogP contribution in [0.4, 0.5) is 0 Å². The van der Waals surface area contributed by atoms with Crippen LogP contribution in [0.15, 0.2) is 90.6 Å². The minimum atomic E-state index is -1.31. The summed E-state index contributed by atoms with van der Waals surface area (Å²) in [5.41, 5.74) is 2.62. The van der Waals surface area contributed by atoms with Crippen molar-refractivity contribution in [2.45, 2.75) is 51.3 Å². The van der Waals surface area contributed by atoms with Crippen molar-refractivity contribution in [3.8, 4) is 6.07 Å². The normalized spacial score (nSPS) is 21.8. The van der Waals surface area contributed by atoms with E-state index in [4.69, 9.17) is 18.9 Å². The molecular formula is C34H36N2O6. The third-order valence-electron chi connectivity index (χ3n) is 7.12. The number of carbonyl (C=O) groups excluding carboxylic acids is 2. The van der Waals surface area contributed by atoms with E-state index in [0.29, 0.717) is 11.1 Å². The highest BCUT2D eigenvalue weighted by atomic mass is 16.6. The van der Waals surface area contributed by atoms with Crippen LogP contribution in [0.1, 0.15) is 44.3 Å². The van der Waals surface area contributed by atoms with Crippen molar-refractivity contribution in [1.82, 2.24) is 4.90 Å². The van der Waals surface area contributed by atoms with E-state index in [2.05, 4.69) is 6.07 Å². The zero-order valence-electron chi connectivity index (χ0n) is 24.6. The highest BCUT2D eigenvalue weighted by molar-refractivity contribution is 5.90. The first-order valence-corrected chi connectivity index (χ1v) is 13.7. The SMILES string of the molecule is Cc1ccc(C(=O)OCC2OC(/C(C#N)=C/N(C)C)[C@](C)(OCc3ccccc3)[C@@H]2OC(=O)c2ccc(C)cc2)cc1. The Morgan fingerprint density at radius 2 is 1.50 bits per heavy atom. The topological polar surface area (TPSA) is 98.1 Å². The molecule has 1 aliphatic heterocycles. The lowest BCUT2D eigenvalue weighted by Crippen LogP contribution is -2.51. The molecule has 0 amide bonds. The van der Waals surface area contributed by atoms with Gasteiger partial charge in [0, 0.05) is 20.3 Å². The quantitative estimate of drug-likeness (QED) is 0.237. The first-order valence-electron chi connectivity index (χ1n) is 13.7. The van der Waals surface area contributed by atoms with Crippen molar-refractivity contribution in [3.05, 3.63) is 118 Å². The van der Waals surface area contributed by atoms with Gasteiger partial charge in [0.25, 0.3) is 0 Å². The molecule has 0 N–H and O–H groups in total. The van der Waals surface area contributed by atoms with Crippen LogP contribution in [0.5, 0.6) is 0 Å². The molecule has 8 heteroatoms. The molecule has 1 heterocycles. The summed E-state index contributed by atoms with van der Waals surface area (Å²) < 4.78 is 24.7. The third kappa shape index (κ3) is 7.24. The van der Waals surface area contributed by atoms with E-state index in [9.17, 15) is 14.9 Å². The number of esters is 2. The minimum Gasteiger partial charge on any atom is -0.459 e. The number of nitrogens with zero attached hydrogens (tertiary/aromatic N) is 2. The molecular weight excluding hydrogens is 532 g/mol. The van der Waals surface area contributed by atoms with Crippen molar-refractivity contribution in [2.24, 2.45) is 0 Å². The van der Waals surface area contributed by atoms with Gasteiger partial charge in [-0.05, 0) is 50.6 Å². The Hall–Kier alpha value is -4.45. The highest BCUT2D eigenvalue weighted by Crippen LogP contribution is 2.41. The first kappa shape index (κ1) is 30.5. The molecule has 3 aromatic rings. The van der Waals surface area contributed by atoms with Gasteiger partial charge in [-0.3, -0.25) is 0 Å². The summed E-state index contributed by atoms with van der Waals surface area (Å²) in [7, 11) is 3.59. The van der Waals surface area contributed by atoms with E-state index in [1.54, 1.807) is 56.4 Å². The average Bonchev–Trinajstić information content (AvgIpc) is 3.25. The van der Waals surface area contributed by atoms with Crippen LogP contribution < -0.4 is 0 Å². The summed E-state index contributed by atoms with van der Waals surface area (Å²) in [5, 5.41) is 10.1. The van der Waals surface area contributed by atoms with Gasteiger partial charge < -0.3 is 23.8 Å². The fraction of sp³-hybridized carbons (Fsp3) is 0.324. The highest BCUT2D eigenvalue weighted by Gasteiger charge is 2.59. The number of ether oxygens (including phenoxy) is 4. The molecule has 1 saturated heterocycles. The van der Waals surface area contributed by atoms with Gasteiger partial charge >= 0.3 is 11.9 Å². The Bertz CT molecular complexity index is 1440. The number of rotatable bonds is 10. The standard InChI is InChI=1S/C34H36N2O6/c1-23-11-15-26(16-12-23)32(37)39-22-29-31(42-33(38)27-17-13-24(2)14-18-27)34(3,40-21-25-9-7-6-8-10-25)30(41-29)28(19-35)20-36(4)5/h6-18,20,29-31H,21-22H2,1-5H3/b28-20+/t29?,30?,31-,34+/m1/s1. The molecule has 8 nitrogen and oxygen atoms in total. The van der Waals surface area contributed by atoms with Crippen LogP contribution >= 0.6 is 0 Å². The van der Waals surface area contributed by atoms with E-state index in [-0.39, 0.29) is 18.8 Å². The van der Waals surface area contributed by atoms with Crippen LogP contribution in [0.25, 0.3) is 0 Å². The minimum absolute atomic E-state index is 0.173.